The molecule has 9 heteroatoms. The third-order valence-corrected chi connectivity index (χ3v) is 3.07. The zero-order valence-corrected chi connectivity index (χ0v) is 12.1. The van der Waals surface area contributed by atoms with E-state index in [1.54, 1.807) is 0 Å². The van der Waals surface area contributed by atoms with E-state index >= 15 is 0 Å². The number of rotatable bonds is 6. The molecule has 0 radical (unpaired) electrons. The lowest BCUT2D eigenvalue weighted by molar-refractivity contribution is -0.0331. The Morgan fingerprint density at radius 1 is 1.29 bits per heavy atom. The monoisotopic (exact) mass is 325 g/mol. The summed E-state index contributed by atoms with van der Waals surface area (Å²) >= 11 is -0.268. The van der Waals surface area contributed by atoms with E-state index in [0.717, 1.165) is 0 Å². The summed E-state index contributed by atoms with van der Waals surface area (Å²) in [5.74, 6) is -0.702. The second kappa shape index (κ2) is 7.30. The number of alkyl halides is 3. The summed E-state index contributed by atoms with van der Waals surface area (Å²) in [5, 5.41) is 0. The average Bonchev–Trinajstić information content (AvgIpc) is 2.42. The van der Waals surface area contributed by atoms with Crippen molar-refractivity contribution in [2.45, 2.75) is 5.51 Å². The lowest BCUT2D eigenvalue weighted by Gasteiger charge is -2.12. The molecular formula is C12H14F3NO4S. The maximum Gasteiger partial charge on any atom is 0.441 e. The summed E-state index contributed by atoms with van der Waals surface area (Å²) in [6, 6.07) is 2.81. The van der Waals surface area contributed by atoms with Gasteiger partial charge in [-0.3, -0.25) is 0 Å². The van der Waals surface area contributed by atoms with Crippen LogP contribution >= 0.6 is 11.8 Å². The van der Waals surface area contributed by atoms with Crippen molar-refractivity contribution >= 4 is 23.4 Å². The molecule has 0 aliphatic heterocycles. The molecule has 0 saturated carbocycles. The average molecular weight is 325 g/mol. The van der Waals surface area contributed by atoms with Gasteiger partial charge in [0.15, 0.2) is 0 Å². The standard InChI is InChI=1S/C12H14F3NO4S/c1-18-7-5-8(10(16)9(6-7)19-2)11(17)20-3-4-21-12(13,14)15/h5-6H,3-4,16H2,1-2H3. The summed E-state index contributed by atoms with van der Waals surface area (Å²) in [7, 11) is 2.75. The fourth-order valence-electron chi connectivity index (χ4n) is 1.43. The number of esters is 1. The largest absolute Gasteiger partial charge is 0.497 e. The number of hydrogen-bond donors (Lipinski definition) is 1. The molecule has 0 amide bonds. The number of ether oxygens (including phenoxy) is 3. The van der Waals surface area contributed by atoms with Crippen LogP contribution in [0.1, 0.15) is 10.4 Å². The van der Waals surface area contributed by atoms with E-state index in [1.807, 2.05) is 0 Å². The van der Waals surface area contributed by atoms with Crippen LogP contribution in [0, 0.1) is 0 Å². The first kappa shape index (κ1) is 17.3. The Kier molecular flexibility index (Phi) is 6.01. The third kappa shape index (κ3) is 5.25. The summed E-state index contributed by atoms with van der Waals surface area (Å²) < 4.78 is 50.5. The highest BCUT2D eigenvalue weighted by molar-refractivity contribution is 8.00. The number of nitrogens with two attached hydrogens (primary N) is 1. The van der Waals surface area contributed by atoms with Gasteiger partial charge in [-0.05, 0) is 17.8 Å². The Bertz CT molecular complexity index is 508. The summed E-state index contributed by atoms with van der Waals surface area (Å²) in [6.45, 7) is -0.387. The van der Waals surface area contributed by atoms with Gasteiger partial charge < -0.3 is 19.9 Å². The molecule has 118 valence electrons. The number of methoxy groups -OCH3 is 2. The van der Waals surface area contributed by atoms with Crippen molar-refractivity contribution in [2.24, 2.45) is 0 Å². The van der Waals surface area contributed by atoms with E-state index in [1.165, 1.54) is 26.4 Å². The molecule has 0 atom stereocenters. The fraction of sp³-hybridized carbons (Fsp3) is 0.417. The Hall–Kier alpha value is -1.77. The molecule has 0 spiro atoms. The minimum Gasteiger partial charge on any atom is -0.497 e. The van der Waals surface area contributed by atoms with Crippen molar-refractivity contribution < 1.29 is 32.2 Å². The van der Waals surface area contributed by atoms with Crippen LogP contribution in [0.3, 0.4) is 0 Å². The van der Waals surface area contributed by atoms with Crippen LogP contribution in [0.5, 0.6) is 11.5 Å². The molecule has 1 rings (SSSR count). The van der Waals surface area contributed by atoms with Crippen LogP contribution < -0.4 is 15.2 Å². The molecule has 0 aromatic heterocycles. The molecule has 5 nitrogen and oxygen atoms in total. The first-order valence-electron chi connectivity index (χ1n) is 5.67. The van der Waals surface area contributed by atoms with Crippen molar-refractivity contribution in [1.29, 1.82) is 0 Å². The molecule has 0 fully saturated rings. The van der Waals surface area contributed by atoms with Gasteiger partial charge in [0, 0.05) is 11.8 Å². The zero-order valence-electron chi connectivity index (χ0n) is 11.3. The quantitative estimate of drug-likeness (QED) is 0.493. The smallest absolute Gasteiger partial charge is 0.441 e. The van der Waals surface area contributed by atoms with Crippen molar-refractivity contribution in [3.63, 3.8) is 0 Å². The van der Waals surface area contributed by atoms with Gasteiger partial charge in [0.1, 0.15) is 18.1 Å². The Balaban J connectivity index is 2.73. The van der Waals surface area contributed by atoms with Gasteiger partial charge in [0.05, 0.1) is 25.5 Å². The van der Waals surface area contributed by atoms with E-state index < -0.39 is 17.2 Å². The summed E-state index contributed by atoms with van der Waals surface area (Å²) in [6.07, 6.45) is 0. The number of halogens is 3. The van der Waals surface area contributed by atoms with Gasteiger partial charge in [-0.1, -0.05) is 0 Å². The van der Waals surface area contributed by atoms with Crippen LogP contribution in [0.15, 0.2) is 12.1 Å². The van der Waals surface area contributed by atoms with E-state index in [4.69, 9.17) is 19.9 Å². The third-order valence-electron chi connectivity index (χ3n) is 2.37. The zero-order chi connectivity index (χ0) is 16.0. The maximum absolute atomic E-state index is 11.9. The molecule has 0 heterocycles. The molecule has 0 saturated heterocycles. The van der Waals surface area contributed by atoms with E-state index in [2.05, 4.69) is 0 Å². The first-order valence-corrected chi connectivity index (χ1v) is 6.66. The van der Waals surface area contributed by atoms with Crippen molar-refractivity contribution in [3.05, 3.63) is 17.7 Å². The normalized spacial score (nSPS) is 11.1. The Labute approximate surface area is 123 Å². The Morgan fingerprint density at radius 2 is 1.95 bits per heavy atom. The van der Waals surface area contributed by atoms with E-state index in [0.29, 0.717) is 5.75 Å². The minimum absolute atomic E-state index is 0.0248. The first-order chi connectivity index (χ1) is 9.78. The number of benzene rings is 1. The topological polar surface area (TPSA) is 70.8 Å². The van der Waals surface area contributed by atoms with Gasteiger partial charge in [0.25, 0.3) is 0 Å². The van der Waals surface area contributed by atoms with Crippen molar-refractivity contribution in [2.75, 3.05) is 32.3 Å². The molecule has 0 aliphatic carbocycles. The number of hydrogen-bond acceptors (Lipinski definition) is 6. The lowest BCUT2D eigenvalue weighted by atomic mass is 10.1. The second-order valence-corrected chi connectivity index (χ2v) is 4.88. The molecule has 0 unspecified atom stereocenters. The summed E-state index contributed by atoms with van der Waals surface area (Å²) in [4.78, 5) is 11.8. The van der Waals surface area contributed by atoms with E-state index in [-0.39, 0.29) is 35.4 Å². The lowest BCUT2D eigenvalue weighted by Crippen LogP contribution is -2.13. The highest BCUT2D eigenvalue weighted by atomic mass is 32.2. The molecule has 1 aromatic carbocycles. The highest BCUT2D eigenvalue weighted by Crippen LogP contribution is 2.32. The highest BCUT2D eigenvalue weighted by Gasteiger charge is 2.28. The maximum atomic E-state index is 11.9. The van der Waals surface area contributed by atoms with E-state index in [9.17, 15) is 18.0 Å². The van der Waals surface area contributed by atoms with Crippen molar-refractivity contribution in [1.82, 2.24) is 0 Å². The second-order valence-electron chi connectivity index (χ2n) is 3.72. The molecule has 2 N–H and O–H groups in total. The predicted molar refractivity (Wildman–Crippen MR) is 72.8 cm³/mol. The summed E-state index contributed by atoms with van der Waals surface area (Å²) in [5.41, 5.74) is 1.38. The number of thioether (sulfide) groups is 1. The number of anilines is 1. The molecule has 0 aliphatic rings. The van der Waals surface area contributed by atoms with Gasteiger partial charge in [0.2, 0.25) is 0 Å². The van der Waals surface area contributed by atoms with Crippen LogP contribution in [-0.2, 0) is 4.74 Å². The fourth-order valence-corrected chi connectivity index (χ4v) is 1.82. The van der Waals surface area contributed by atoms with Crippen LogP contribution in [0.2, 0.25) is 0 Å². The predicted octanol–water partition coefficient (Wildman–Crippen LogP) is 2.70. The number of nitrogen functional groups attached to an aromatic ring is 1. The number of carbonyl (C=O) groups is 1. The molecule has 0 bridgehead atoms. The Morgan fingerprint density at radius 3 is 2.48 bits per heavy atom. The molecule has 1 aromatic rings. The van der Waals surface area contributed by atoms with Gasteiger partial charge in [-0.2, -0.15) is 13.2 Å². The van der Waals surface area contributed by atoms with Crippen LogP contribution in [-0.4, -0.2) is 38.1 Å². The number of carbonyl (C=O) groups excluding carboxylic acids is 1. The SMILES string of the molecule is COc1cc(OC)c(N)c(C(=O)OCCSC(F)(F)F)c1. The molecular weight excluding hydrogens is 311 g/mol. The van der Waals surface area contributed by atoms with Crippen LogP contribution in [0.4, 0.5) is 18.9 Å². The van der Waals surface area contributed by atoms with Gasteiger partial charge in [-0.15, -0.1) is 0 Å². The van der Waals surface area contributed by atoms with Crippen LogP contribution in [0.25, 0.3) is 0 Å². The van der Waals surface area contributed by atoms with Crippen molar-refractivity contribution in [3.8, 4) is 11.5 Å². The minimum atomic E-state index is -4.36. The molecule has 21 heavy (non-hydrogen) atoms. The van der Waals surface area contributed by atoms with Gasteiger partial charge in [-0.25, -0.2) is 4.79 Å². The van der Waals surface area contributed by atoms with Gasteiger partial charge >= 0.3 is 11.5 Å².